The number of carbonyl (C=O) groups excluding carboxylic acids is 2. The van der Waals surface area contributed by atoms with Crippen molar-refractivity contribution in [3.63, 3.8) is 0 Å². The highest BCUT2D eigenvalue weighted by molar-refractivity contribution is 5.81. The minimum Gasteiger partial charge on any atom is -0.342 e. The predicted molar refractivity (Wildman–Crippen MR) is 101 cm³/mol. The van der Waals surface area contributed by atoms with E-state index in [2.05, 4.69) is 21.9 Å². The Morgan fingerprint density at radius 3 is 2.38 bits per heavy atom. The second kappa shape index (κ2) is 7.42. The van der Waals surface area contributed by atoms with Crippen LogP contribution in [0.4, 0.5) is 0 Å². The van der Waals surface area contributed by atoms with E-state index in [1.165, 1.54) is 24.8 Å². The first kappa shape index (κ1) is 17.6. The number of amides is 2. The molecule has 0 N–H and O–H groups in total. The van der Waals surface area contributed by atoms with E-state index in [-0.39, 0.29) is 17.4 Å². The van der Waals surface area contributed by atoms with E-state index in [0.717, 1.165) is 45.2 Å². The van der Waals surface area contributed by atoms with Gasteiger partial charge in [0.2, 0.25) is 11.8 Å². The van der Waals surface area contributed by atoms with Gasteiger partial charge >= 0.3 is 0 Å². The monoisotopic (exact) mass is 354 g/mol. The molecule has 3 fully saturated rings. The third-order valence-corrected chi connectivity index (χ3v) is 6.82. The van der Waals surface area contributed by atoms with Gasteiger partial charge in [0.05, 0.1) is 0 Å². The molecule has 2 saturated heterocycles. The highest BCUT2D eigenvalue weighted by Crippen LogP contribution is 2.40. The maximum Gasteiger partial charge on any atom is 0.225 e. The first-order valence-corrected chi connectivity index (χ1v) is 10.3. The molecule has 2 heterocycles. The molecule has 0 aromatic heterocycles. The van der Waals surface area contributed by atoms with Gasteiger partial charge in [0.15, 0.2) is 0 Å². The fourth-order valence-corrected chi connectivity index (χ4v) is 5.17. The van der Waals surface area contributed by atoms with Gasteiger partial charge in [-0.05, 0) is 37.7 Å². The largest absolute Gasteiger partial charge is 0.342 e. The van der Waals surface area contributed by atoms with E-state index in [1.54, 1.807) is 0 Å². The van der Waals surface area contributed by atoms with Crippen LogP contribution in [0.5, 0.6) is 0 Å². The Morgan fingerprint density at radius 1 is 1.00 bits per heavy atom. The molecule has 2 aliphatic heterocycles. The number of rotatable bonds is 3. The van der Waals surface area contributed by atoms with E-state index >= 15 is 0 Å². The normalized spacial score (nSPS) is 23.6. The topological polar surface area (TPSA) is 40.6 Å². The average molecular weight is 354 g/mol. The Hall–Kier alpha value is -1.84. The summed E-state index contributed by atoms with van der Waals surface area (Å²) in [4.78, 5) is 29.6. The number of hydrogen-bond donors (Lipinski definition) is 0. The van der Waals surface area contributed by atoms with Gasteiger partial charge in [-0.25, -0.2) is 0 Å². The summed E-state index contributed by atoms with van der Waals surface area (Å²) in [7, 11) is 0. The molecule has 1 aliphatic carbocycles. The van der Waals surface area contributed by atoms with Gasteiger partial charge in [-0.2, -0.15) is 0 Å². The summed E-state index contributed by atoms with van der Waals surface area (Å²) >= 11 is 0. The summed E-state index contributed by atoms with van der Waals surface area (Å²) in [5.41, 5.74) is 1.17. The zero-order valence-corrected chi connectivity index (χ0v) is 15.7. The van der Waals surface area contributed by atoms with Crippen molar-refractivity contribution < 1.29 is 9.59 Å². The van der Waals surface area contributed by atoms with Gasteiger partial charge in [-0.3, -0.25) is 9.59 Å². The van der Waals surface area contributed by atoms with Crippen LogP contribution in [0.25, 0.3) is 0 Å². The predicted octanol–water partition coefficient (Wildman–Crippen LogP) is 3.75. The third kappa shape index (κ3) is 3.38. The Morgan fingerprint density at radius 2 is 1.69 bits per heavy atom. The summed E-state index contributed by atoms with van der Waals surface area (Å²) < 4.78 is 0. The van der Waals surface area contributed by atoms with Crippen molar-refractivity contribution in [3.05, 3.63) is 35.9 Å². The molecule has 140 valence electrons. The van der Waals surface area contributed by atoms with E-state index in [4.69, 9.17) is 0 Å². The summed E-state index contributed by atoms with van der Waals surface area (Å²) in [6.45, 7) is 2.33. The van der Waals surface area contributed by atoms with Gasteiger partial charge in [-0.15, -0.1) is 0 Å². The maximum atomic E-state index is 12.8. The van der Waals surface area contributed by atoms with Crippen LogP contribution in [0.15, 0.2) is 30.3 Å². The van der Waals surface area contributed by atoms with E-state index in [1.807, 2.05) is 18.2 Å². The number of hydrogen-bond acceptors (Lipinski definition) is 2. The standard InChI is InChI=1S/C22H30N2O2/c25-20-11-12-22(24(20)17-18-7-3-1-4-8-18)13-15-23(16-14-22)21(26)19-9-5-2-6-10-19/h1,3-4,7-8,19H,2,5-6,9-17H2. The molecule has 1 saturated carbocycles. The van der Waals surface area contributed by atoms with Crippen molar-refractivity contribution in [2.45, 2.75) is 69.9 Å². The molecule has 1 aromatic rings. The molecule has 3 aliphatic rings. The molecular formula is C22H30N2O2. The molecule has 26 heavy (non-hydrogen) atoms. The van der Waals surface area contributed by atoms with Crippen molar-refractivity contribution in [3.8, 4) is 0 Å². The quantitative estimate of drug-likeness (QED) is 0.829. The first-order chi connectivity index (χ1) is 12.7. The lowest BCUT2D eigenvalue weighted by Gasteiger charge is -2.45. The molecular weight excluding hydrogens is 324 g/mol. The van der Waals surface area contributed by atoms with Crippen LogP contribution in [0.2, 0.25) is 0 Å². The summed E-state index contributed by atoms with van der Waals surface area (Å²) in [5.74, 6) is 0.905. The second-order valence-corrected chi connectivity index (χ2v) is 8.35. The lowest BCUT2D eigenvalue weighted by Crippen LogP contribution is -2.54. The molecule has 4 rings (SSSR count). The first-order valence-electron chi connectivity index (χ1n) is 10.3. The van der Waals surface area contributed by atoms with Gasteiger partial charge in [0, 0.05) is 37.5 Å². The molecule has 1 aromatic carbocycles. The molecule has 2 amide bonds. The van der Waals surface area contributed by atoms with Crippen molar-refractivity contribution in [2.24, 2.45) is 5.92 Å². The fraction of sp³-hybridized carbons (Fsp3) is 0.636. The van der Waals surface area contributed by atoms with Crippen LogP contribution in [-0.4, -0.2) is 40.2 Å². The number of likely N-dealkylation sites (tertiary alicyclic amines) is 2. The Balaban J connectivity index is 1.41. The fourth-order valence-electron chi connectivity index (χ4n) is 5.17. The molecule has 4 heteroatoms. The lowest BCUT2D eigenvalue weighted by atomic mass is 9.83. The highest BCUT2D eigenvalue weighted by Gasteiger charge is 2.47. The number of nitrogens with zero attached hydrogens (tertiary/aromatic N) is 2. The van der Waals surface area contributed by atoms with Crippen LogP contribution >= 0.6 is 0 Å². The summed E-state index contributed by atoms with van der Waals surface area (Å²) in [5, 5.41) is 0. The van der Waals surface area contributed by atoms with Crippen molar-refractivity contribution >= 4 is 11.8 Å². The number of benzene rings is 1. The molecule has 4 nitrogen and oxygen atoms in total. The zero-order valence-electron chi connectivity index (χ0n) is 15.7. The summed E-state index contributed by atoms with van der Waals surface area (Å²) in [6, 6.07) is 10.3. The molecule has 0 atom stereocenters. The lowest BCUT2D eigenvalue weighted by molar-refractivity contribution is -0.140. The maximum absolute atomic E-state index is 12.8. The van der Waals surface area contributed by atoms with Gasteiger partial charge < -0.3 is 9.80 Å². The Kier molecular flexibility index (Phi) is 5.01. The van der Waals surface area contributed by atoms with Crippen LogP contribution in [0, 0.1) is 5.92 Å². The third-order valence-electron chi connectivity index (χ3n) is 6.82. The SMILES string of the molecule is O=C(C1CCCCC1)N1CCC2(CCC(=O)N2Cc2ccccc2)CC1. The Labute approximate surface area is 156 Å². The van der Waals surface area contributed by atoms with Crippen molar-refractivity contribution in [1.82, 2.24) is 9.80 Å². The van der Waals surface area contributed by atoms with Crippen molar-refractivity contribution in [2.75, 3.05) is 13.1 Å². The van der Waals surface area contributed by atoms with Crippen LogP contribution < -0.4 is 0 Å². The van der Waals surface area contributed by atoms with Crippen LogP contribution in [0.1, 0.15) is 63.4 Å². The molecule has 1 spiro atoms. The van der Waals surface area contributed by atoms with Gasteiger partial charge in [0.25, 0.3) is 0 Å². The molecule has 0 radical (unpaired) electrons. The second-order valence-electron chi connectivity index (χ2n) is 8.35. The van der Waals surface area contributed by atoms with E-state index in [9.17, 15) is 9.59 Å². The highest BCUT2D eigenvalue weighted by atomic mass is 16.2. The number of carbonyl (C=O) groups is 2. The molecule has 0 bridgehead atoms. The Bertz CT molecular complexity index is 643. The van der Waals surface area contributed by atoms with Crippen molar-refractivity contribution in [1.29, 1.82) is 0 Å². The van der Waals surface area contributed by atoms with Crippen LogP contribution in [0.3, 0.4) is 0 Å². The average Bonchev–Trinajstić information content (AvgIpc) is 2.99. The van der Waals surface area contributed by atoms with E-state index < -0.39 is 0 Å². The smallest absolute Gasteiger partial charge is 0.225 e. The van der Waals surface area contributed by atoms with E-state index in [0.29, 0.717) is 18.9 Å². The zero-order chi connectivity index (χ0) is 18.0. The van der Waals surface area contributed by atoms with Crippen LogP contribution in [-0.2, 0) is 16.1 Å². The van der Waals surface area contributed by atoms with Gasteiger partial charge in [-0.1, -0.05) is 49.6 Å². The van der Waals surface area contributed by atoms with Gasteiger partial charge in [0.1, 0.15) is 0 Å². The number of piperidine rings is 1. The summed E-state index contributed by atoms with van der Waals surface area (Å²) in [6.07, 6.45) is 9.30. The minimum absolute atomic E-state index is 0.0315. The minimum atomic E-state index is -0.0315. The molecule has 0 unspecified atom stereocenters.